The van der Waals surface area contributed by atoms with Gasteiger partial charge in [0.2, 0.25) is 5.95 Å². The number of rotatable bonds is 5. The monoisotopic (exact) mass is 369 g/mol. The van der Waals surface area contributed by atoms with Crippen molar-refractivity contribution in [2.24, 2.45) is 14.1 Å². The van der Waals surface area contributed by atoms with Crippen LogP contribution in [0.4, 0.5) is 5.95 Å². The van der Waals surface area contributed by atoms with Gasteiger partial charge in [-0.05, 0) is 18.2 Å². The highest BCUT2D eigenvalue weighted by Crippen LogP contribution is 2.23. The zero-order valence-corrected chi connectivity index (χ0v) is 15.6. The van der Waals surface area contributed by atoms with Gasteiger partial charge in [-0.15, -0.1) is 0 Å². The highest BCUT2D eigenvalue weighted by atomic mass is 16.5. The van der Waals surface area contributed by atoms with Gasteiger partial charge in [-0.2, -0.15) is 5.10 Å². The van der Waals surface area contributed by atoms with Crippen LogP contribution in [-0.2, 0) is 25.3 Å². The number of aryl methyl sites for hydroxylation is 2. The summed E-state index contributed by atoms with van der Waals surface area (Å²) >= 11 is 0. The third kappa shape index (κ3) is 3.50. The number of imidazole rings is 1. The van der Waals surface area contributed by atoms with Gasteiger partial charge in [-0.25, -0.2) is 9.97 Å². The summed E-state index contributed by atoms with van der Waals surface area (Å²) in [6.07, 6.45) is 2.15. The number of hydrogen-bond acceptors (Lipinski definition) is 6. The van der Waals surface area contributed by atoms with Crippen molar-refractivity contribution in [3.63, 3.8) is 0 Å². The van der Waals surface area contributed by atoms with Crippen LogP contribution in [0.1, 0.15) is 16.2 Å². The third-order valence-electron chi connectivity index (χ3n) is 4.85. The molecule has 3 heterocycles. The second-order valence-electron chi connectivity index (χ2n) is 6.58. The van der Waals surface area contributed by atoms with E-state index in [0.29, 0.717) is 31.7 Å². The molecular formula is C18H23N7O2. The minimum absolute atomic E-state index is 0.113. The second-order valence-corrected chi connectivity index (χ2v) is 6.58. The lowest BCUT2D eigenvalue weighted by molar-refractivity contribution is 0.0954. The maximum Gasteiger partial charge on any atom is 0.251 e. The maximum atomic E-state index is 12.5. The van der Waals surface area contributed by atoms with Crippen LogP contribution in [0.2, 0.25) is 0 Å². The van der Waals surface area contributed by atoms with E-state index < -0.39 is 0 Å². The molecule has 2 aromatic heterocycles. The number of anilines is 1. The van der Waals surface area contributed by atoms with Gasteiger partial charge in [0.25, 0.3) is 5.91 Å². The Labute approximate surface area is 156 Å². The van der Waals surface area contributed by atoms with E-state index in [0.717, 1.165) is 35.9 Å². The van der Waals surface area contributed by atoms with Gasteiger partial charge in [0.1, 0.15) is 12.2 Å². The van der Waals surface area contributed by atoms with E-state index in [4.69, 9.17) is 9.72 Å². The number of amides is 1. The molecule has 9 heteroatoms. The molecule has 0 radical (unpaired) electrons. The van der Waals surface area contributed by atoms with Gasteiger partial charge >= 0.3 is 0 Å². The summed E-state index contributed by atoms with van der Waals surface area (Å²) in [6.45, 7) is 3.58. The SMILES string of the molecule is Cn1ncnc1CCNC(=O)c1ccc2c(c1)nc(N1CCOCC1)n2C. The highest BCUT2D eigenvalue weighted by Gasteiger charge is 2.18. The van der Waals surface area contributed by atoms with Gasteiger partial charge in [-0.1, -0.05) is 0 Å². The Balaban J connectivity index is 1.47. The van der Waals surface area contributed by atoms with Gasteiger partial charge in [0.05, 0.1) is 24.2 Å². The van der Waals surface area contributed by atoms with Crippen LogP contribution in [0.25, 0.3) is 11.0 Å². The first kappa shape index (κ1) is 17.5. The summed E-state index contributed by atoms with van der Waals surface area (Å²) in [5, 5.41) is 6.96. The third-order valence-corrected chi connectivity index (χ3v) is 4.85. The van der Waals surface area contributed by atoms with E-state index in [9.17, 15) is 4.79 Å². The van der Waals surface area contributed by atoms with Crippen molar-refractivity contribution in [2.75, 3.05) is 37.7 Å². The molecule has 0 saturated carbocycles. The molecule has 142 valence electrons. The number of benzene rings is 1. The van der Waals surface area contributed by atoms with Crippen LogP contribution >= 0.6 is 0 Å². The standard InChI is InChI=1S/C18H23N7O2/c1-23-15-4-3-13(17(26)19-6-5-16-20-12-21-24(16)2)11-14(15)22-18(23)25-7-9-27-10-8-25/h3-4,11-12H,5-10H2,1-2H3,(H,19,26). The largest absolute Gasteiger partial charge is 0.378 e. The van der Waals surface area contributed by atoms with Crippen molar-refractivity contribution in [3.05, 3.63) is 35.9 Å². The zero-order valence-electron chi connectivity index (χ0n) is 15.6. The lowest BCUT2D eigenvalue weighted by Crippen LogP contribution is -2.37. The van der Waals surface area contributed by atoms with Gasteiger partial charge < -0.3 is 19.5 Å². The highest BCUT2D eigenvalue weighted by molar-refractivity contribution is 5.97. The number of ether oxygens (including phenoxy) is 1. The predicted octanol–water partition coefficient (Wildman–Crippen LogP) is 0.511. The van der Waals surface area contributed by atoms with Crippen molar-refractivity contribution in [1.29, 1.82) is 0 Å². The number of nitrogens with zero attached hydrogens (tertiary/aromatic N) is 6. The smallest absolute Gasteiger partial charge is 0.251 e. The molecule has 9 nitrogen and oxygen atoms in total. The van der Waals surface area contributed by atoms with Crippen LogP contribution in [0.5, 0.6) is 0 Å². The molecule has 1 aromatic carbocycles. The summed E-state index contributed by atoms with van der Waals surface area (Å²) in [6, 6.07) is 5.63. The molecule has 1 amide bonds. The zero-order chi connectivity index (χ0) is 18.8. The van der Waals surface area contributed by atoms with Gasteiger partial charge in [0.15, 0.2) is 0 Å². The fraction of sp³-hybridized carbons (Fsp3) is 0.444. The molecule has 0 aliphatic carbocycles. The first-order chi connectivity index (χ1) is 13.1. The molecule has 0 atom stereocenters. The topological polar surface area (TPSA) is 90.1 Å². The van der Waals surface area contributed by atoms with E-state index in [1.54, 1.807) is 4.68 Å². The summed E-state index contributed by atoms with van der Waals surface area (Å²) in [5.74, 6) is 1.64. The molecule has 0 spiro atoms. The fourth-order valence-electron chi connectivity index (χ4n) is 3.31. The Kier molecular flexibility index (Phi) is 4.76. The molecule has 1 saturated heterocycles. The number of fused-ring (bicyclic) bond motifs is 1. The second kappa shape index (κ2) is 7.36. The number of hydrogen-bond donors (Lipinski definition) is 1. The van der Waals surface area contributed by atoms with Crippen molar-refractivity contribution in [1.82, 2.24) is 29.6 Å². The Morgan fingerprint density at radius 1 is 1.26 bits per heavy atom. The van der Waals surface area contributed by atoms with Crippen LogP contribution in [0, 0.1) is 0 Å². The van der Waals surface area contributed by atoms with E-state index in [1.807, 2.05) is 32.3 Å². The Morgan fingerprint density at radius 2 is 2.07 bits per heavy atom. The molecule has 0 unspecified atom stereocenters. The van der Waals surface area contributed by atoms with Crippen molar-refractivity contribution in [3.8, 4) is 0 Å². The number of nitrogens with one attached hydrogen (secondary N) is 1. The minimum atomic E-state index is -0.113. The molecule has 27 heavy (non-hydrogen) atoms. The fourth-order valence-corrected chi connectivity index (χ4v) is 3.31. The van der Waals surface area contributed by atoms with Crippen LogP contribution in [0.3, 0.4) is 0 Å². The van der Waals surface area contributed by atoms with Gasteiger partial charge in [0, 0.05) is 45.7 Å². The summed E-state index contributed by atoms with van der Waals surface area (Å²) in [4.78, 5) is 23.6. The maximum absolute atomic E-state index is 12.5. The molecule has 1 aliphatic heterocycles. The molecule has 0 bridgehead atoms. The number of aromatic nitrogens is 5. The molecule has 3 aromatic rings. The molecule has 1 N–H and O–H groups in total. The molecule has 1 fully saturated rings. The number of morpholine rings is 1. The Bertz CT molecular complexity index is 956. The minimum Gasteiger partial charge on any atom is -0.378 e. The summed E-state index contributed by atoms with van der Waals surface area (Å²) in [5.41, 5.74) is 2.43. The lowest BCUT2D eigenvalue weighted by atomic mass is 10.2. The van der Waals surface area contributed by atoms with E-state index in [-0.39, 0.29) is 5.91 Å². The quantitative estimate of drug-likeness (QED) is 0.705. The van der Waals surface area contributed by atoms with Crippen LogP contribution < -0.4 is 10.2 Å². The average Bonchev–Trinajstić information content (AvgIpc) is 3.25. The van der Waals surface area contributed by atoms with E-state index in [1.165, 1.54) is 6.33 Å². The summed E-state index contributed by atoms with van der Waals surface area (Å²) < 4.78 is 9.19. The van der Waals surface area contributed by atoms with Gasteiger partial charge in [-0.3, -0.25) is 9.48 Å². The first-order valence-corrected chi connectivity index (χ1v) is 9.04. The predicted molar refractivity (Wildman–Crippen MR) is 101 cm³/mol. The van der Waals surface area contributed by atoms with Crippen molar-refractivity contribution in [2.45, 2.75) is 6.42 Å². The Morgan fingerprint density at radius 3 is 2.81 bits per heavy atom. The van der Waals surface area contributed by atoms with E-state index >= 15 is 0 Å². The average molecular weight is 369 g/mol. The van der Waals surface area contributed by atoms with E-state index in [2.05, 4.69) is 24.9 Å². The first-order valence-electron chi connectivity index (χ1n) is 9.04. The normalized spacial score (nSPS) is 14.7. The van der Waals surface area contributed by atoms with Crippen LogP contribution in [0.15, 0.2) is 24.5 Å². The number of carbonyl (C=O) groups excluding carboxylic acids is 1. The molecular weight excluding hydrogens is 346 g/mol. The van der Waals surface area contributed by atoms with Crippen LogP contribution in [-0.4, -0.2) is 63.1 Å². The molecule has 1 aliphatic rings. The van der Waals surface area contributed by atoms with Crippen molar-refractivity contribution < 1.29 is 9.53 Å². The Hall–Kier alpha value is -2.94. The number of carbonyl (C=O) groups is 1. The molecule has 4 rings (SSSR count). The summed E-state index contributed by atoms with van der Waals surface area (Å²) in [7, 11) is 3.84. The lowest BCUT2D eigenvalue weighted by Gasteiger charge is -2.27. The van der Waals surface area contributed by atoms with Crippen molar-refractivity contribution >= 4 is 22.9 Å².